The van der Waals surface area contributed by atoms with Gasteiger partial charge in [-0.05, 0) is 44.0 Å². The number of halogens is 1. The lowest BCUT2D eigenvalue weighted by Crippen LogP contribution is -2.32. The summed E-state index contributed by atoms with van der Waals surface area (Å²) in [6.07, 6.45) is 1.65. The van der Waals surface area contributed by atoms with Crippen LogP contribution in [0.15, 0.2) is 24.3 Å². The molecule has 1 aromatic carbocycles. The Labute approximate surface area is 112 Å². The summed E-state index contributed by atoms with van der Waals surface area (Å²) in [7, 11) is 0. The van der Waals surface area contributed by atoms with Crippen LogP contribution < -0.4 is 0 Å². The summed E-state index contributed by atoms with van der Waals surface area (Å²) in [6, 6.07) is 7.83. The Morgan fingerprint density at radius 1 is 1.56 bits per heavy atom. The van der Waals surface area contributed by atoms with E-state index in [0.29, 0.717) is 6.54 Å². The van der Waals surface area contributed by atoms with Crippen LogP contribution in [0.2, 0.25) is 5.02 Å². The maximum absolute atomic E-state index is 11.1. The zero-order chi connectivity index (χ0) is 13.2. The molecule has 2 rings (SSSR count). The zero-order valence-corrected chi connectivity index (χ0v) is 11.3. The zero-order valence-electron chi connectivity index (χ0n) is 10.5. The molecule has 4 heteroatoms. The van der Waals surface area contributed by atoms with Crippen molar-refractivity contribution in [2.75, 3.05) is 19.6 Å². The molecule has 1 fully saturated rings. The summed E-state index contributed by atoms with van der Waals surface area (Å²) < 4.78 is 0. The van der Waals surface area contributed by atoms with E-state index in [4.69, 9.17) is 16.7 Å². The molecule has 18 heavy (non-hydrogen) atoms. The van der Waals surface area contributed by atoms with Crippen molar-refractivity contribution >= 4 is 17.6 Å². The second-order valence-corrected chi connectivity index (χ2v) is 5.71. The molecule has 1 aliphatic rings. The van der Waals surface area contributed by atoms with Gasteiger partial charge in [-0.3, -0.25) is 4.79 Å². The van der Waals surface area contributed by atoms with Gasteiger partial charge in [-0.1, -0.05) is 23.7 Å². The molecule has 0 saturated carbocycles. The van der Waals surface area contributed by atoms with Gasteiger partial charge >= 0.3 is 5.97 Å². The predicted molar refractivity (Wildman–Crippen MR) is 72.0 cm³/mol. The highest BCUT2D eigenvalue weighted by Gasteiger charge is 2.39. The van der Waals surface area contributed by atoms with Crippen molar-refractivity contribution in [3.05, 3.63) is 34.9 Å². The normalized spacial score (nSPS) is 24.3. The first-order valence-electron chi connectivity index (χ1n) is 6.20. The van der Waals surface area contributed by atoms with Gasteiger partial charge in [0, 0.05) is 18.1 Å². The van der Waals surface area contributed by atoms with E-state index in [0.717, 1.165) is 31.0 Å². The second kappa shape index (κ2) is 5.29. The Hall–Kier alpha value is -1.06. The number of likely N-dealkylation sites (tertiary alicyclic amines) is 1. The average molecular weight is 268 g/mol. The fourth-order valence-corrected chi connectivity index (χ4v) is 2.61. The van der Waals surface area contributed by atoms with Gasteiger partial charge < -0.3 is 10.0 Å². The van der Waals surface area contributed by atoms with Crippen LogP contribution >= 0.6 is 11.6 Å². The lowest BCUT2D eigenvalue weighted by Gasteiger charge is -2.20. The minimum Gasteiger partial charge on any atom is -0.481 e. The third-order valence-corrected chi connectivity index (χ3v) is 3.91. The molecule has 0 radical (unpaired) electrons. The molecule has 3 nitrogen and oxygen atoms in total. The first kappa shape index (κ1) is 13.4. The van der Waals surface area contributed by atoms with Gasteiger partial charge in [0.1, 0.15) is 0 Å². The molecule has 1 aromatic rings. The maximum Gasteiger partial charge on any atom is 0.310 e. The van der Waals surface area contributed by atoms with Crippen molar-refractivity contribution in [2.45, 2.75) is 19.8 Å². The Morgan fingerprint density at radius 2 is 2.33 bits per heavy atom. The summed E-state index contributed by atoms with van der Waals surface area (Å²) in [5, 5.41) is 9.92. The van der Waals surface area contributed by atoms with Gasteiger partial charge in [-0.15, -0.1) is 0 Å². The van der Waals surface area contributed by atoms with Crippen LogP contribution in [0, 0.1) is 5.41 Å². The summed E-state index contributed by atoms with van der Waals surface area (Å²) >= 11 is 5.94. The van der Waals surface area contributed by atoms with Crippen molar-refractivity contribution in [2.24, 2.45) is 5.41 Å². The largest absolute Gasteiger partial charge is 0.481 e. The first-order chi connectivity index (χ1) is 8.49. The molecule has 0 aliphatic carbocycles. The Morgan fingerprint density at radius 3 is 2.94 bits per heavy atom. The number of carboxylic acids is 1. The second-order valence-electron chi connectivity index (χ2n) is 5.27. The van der Waals surface area contributed by atoms with E-state index >= 15 is 0 Å². The van der Waals surface area contributed by atoms with E-state index in [1.807, 2.05) is 25.1 Å². The van der Waals surface area contributed by atoms with Gasteiger partial charge in [0.15, 0.2) is 0 Å². The van der Waals surface area contributed by atoms with Crippen LogP contribution in [0.3, 0.4) is 0 Å². The molecule has 1 heterocycles. The van der Waals surface area contributed by atoms with Gasteiger partial charge in [0.05, 0.1) is 5.41 Å². The minimum atomic E-state index is -0.687. The summed E-state index contributed by atoms with van der Waals surface area (Å²) in [6.45, 7) is 4.23. The van der Waals surface area contributed by atoms with Crippen LogP contribution in [-0.2, 0) is 11.2 Å². The monoisotopic (exact) mass is 267 g/mol. The molecule has 0 spiro atoms. The van der Waals surface area contributed by atoms with E-state index in [9.17, 15) is 4.79 Å². The predicted octanol–water partition coefficient (Wildman–Crippen LogP) is 2.68. The van der Waals surface area contributed by atoms with Crippen molar-refractivity contribution in [1.29, 1.82) is 0 Å². The molecule has 0 aromatic heterocycles. The molecule has 1 saturated heterocycles. The molecule has 1 aliphatic heterocycles. The molecule has 0 bridgehead atoms. The summed E-state index contributed by atoms with van der Waals surface area (Å²) in [5.74, 6) is -0.687. The van der Waals surface area contributed by atoms with E-state index in [-0.39, 0.29) is 0 Å². The number of nitrogens with zero attached hydrogens (tertiary/aromatic N) is 1. The lowest BCUT2D eigenvalue weighted by molar-refractivity contribution is -0.147. The van der Waals surface area contributed by atoms with Crippen LogP contribution in [0.1, 0.15) is 18.9 Å². The number of carboxylic acid groups (broad SMARTS) is 1. The third kappa shape index (κ3) is 3.03. The van der Waals surface area contributed by atoms with E-state index in [1.165, 1.54) is 5.56 Å². The first-order valence-corrected chi connectivity index (χ1v) is 6.58. The topological polar surface area (TPSA) is 40.5 Å². The van der Waals surface area contributed by atoms with Crippen molar-refractivity contribution in [3.63, 3.8) is 0 Å². The highest BCUT2D eigenvalue weighted by Crippen LogP contribution is 2.30. The van der Waals surface area contributed by atoms with Crippen LogP contribution in [0.25, 0.3) is 0 Å². The number of hydrogen-bond donors (Lipinski definition) is 1. The number of aliphatic carboxylic acids is 1. The maximum atomic E-state index is 11.1. The van der Waals surface area contributed by atoms with Crippen LogP contribution in [0.4, 0.5) is 0 Å². The number of carbonyl (C=O) groups is 1. The van der Waals surface area contributed by atoms with E-state index in [1.54, 1.807) is 0 Å². The summed E-state index contributed by atoms with van der Waals surface area (Å²) in [4.78, 5) is 13.4. The number of benzene rings is 1. The standard InChI is InChI=1S/C14H18ClNO2/c1-14(13(17)18)6-8-16(10-14)7-5-11-3-2-4-12(15)9-11/h2-4,9H,5-8,10H2,1H3,(H,17,18). The van der Waals surface area contributed by atoms with Gasteiger partial charge in [0.25, 0.3) is 0 Å². The highest BCUT2D eigenvalue weighted by molar-refractivity contribution is 6.30. The van der Waals surface area contributed by atoms with E-state index in [2.05, 4.69) is 11.0 Å². The smallest absolute Gasteiger partial charge is 0.310 e. The molecule has 0 amide bonds. The molecule has 1 atom stereocenters. The van der Waals surface area contributed by atoms with Crippen molar-refractivity contribution in [1.82, 2.24) is 4.90 Å². The fourth-order valence-electron chi connectivity index (χ4n) is 2.40. The SMILES string of the molecule is CC1(C(=O)O)CCN(CCc2cccc(Cl)c2)C1. The summed E-state index contributed by atoms with van der Waals surface area (Å²) in [5.41, 5.74) is 0.625. The highest BCUT2D eigenvalue weighted by atomic mass is 35.5. The van der Waals surface area contributed by atoms with Gasteiger partial charge in [0.2, 0.25) is 0 Å². The number of hydrogen-bond acceptors (Lipinski definition) is 2. The Kier molecular flexibility index (Phi) is 3.93. The Bertz CT molecular complexity index is 449. The quantitative estimate of drug-likeness (QED) is 0.912. The van der Waals surface area contributed by atoms with Crippen LogP contribution in [-0.4, -0.2) is 35.6 Å². The molecule has 1 unspecified atom stereocenters. The van der Waals surface area contributed by atoms with Crippen LogP contribution in [0.5, 0.6) is 0 Å². The Balaban J connectivity index is 1.88. The fraction of sp³-hybridized carbons (Fsp3) is 0.500. The third-order valence-electron chi connectivity index (χ3n) is 3.67. The molecule has 1 N–H and O–H groups in total. The van der Waals surface area contributed by atoms with Crippen molar-refractivity contribution in [3.8, 4) is 0 Å². The molecular weight excluding hydrogens is 250 g/mol. The lowest BCUT2D eigenvalue weighted by atomic mass is 9.90. The van der Waals surface area contributed by atoms with E-state index < -0.39 is 11.4 Å². The minimum absolute atomic E-state index is 0.575. The van der Waals surface area contributed by atoms with Gasteiger partial charge in [-0.25, -0.2) is 0 Å². The average Bonchev–Trinajstić information content (AvgIpc) is 2.70. The molecular formula is C14H18ClNO2. The van der Waals surface area contributed by atoms with Crippen molar-refractivity contribution < 1.29 is 9.90 Å². The van der Waals surface area contributed by atoms with Gasteiger partial charge in [-0.2, -0.15) is 0 Å². The number of rotatable bonds is 4. The molecule has 98 valence electrons.